The molecule has 0 unspecified atom stereocenters. The maximum atomic E-state index is 5.71. The smallest absolute Gasteiger partial charge is 0.0804 e. The third kappa shape index (κ3) is 3.05. The number of hydrogen-bond acceptors (Lipinski definition) is 2. The molecule has 0 saturated heterocycles. The van der Waals surface area contributed by atoms with Gasteiger partial charge in [0.2, 0.25) is 0 Å². The lowest BCUT2D eigenvalue weighted by atomic mass is 10.1. The summed E-state index contributed by atoms with van der Waals surface area (Å²) in [5, 5.41) is 4.29. The Bertz CT molecular complexity index is 331. The van der Waals surface area contributed by atoms with Crippen LogP contribution in [0.25, 0.3) is 0 Å². The Kier molecular flexibility index (Phi) is 3.16. The van der Waals surface area contributed by atoms with E-state index >= 15 is 0 Å². The molecule has 84 valence electrons. The van der Waals surface area contributed by atoms with Crippen molar-refractivity contribution >= 4 is 15.9 Å². The first-order valence-electron chi connectivity index (χ1n) is 5.36. The van der Waals surface area contributed by atoms with E-state index in [1.165, 1.54) is 12.8 Å². The van der Waals surface area contributed by atoms with E-state index in [-0.39, 0.29) is 5.54 Å². The molecule has 4 heteroatoms. The third-order valence-corrected chi connectivity index (χ3v) is 3.09. The zero-order chi connectivity index (χ0) is 10.9. The van der Waals surface area contributed by atoms with Crippen LogP contribution in [0.3, 0.4) is 0 Å². The quantitative estimate of drug-likeness (QED) is 0.824. The zero-order valence-electron chi connectivity index (χ0n) is 9.24. The molecular weight excluding hydrogens is 256 g/mol. The van der Waals surface area contributed by atoms with E-state index < -0.39 is 0 Å². The van der Waals surface area contributed by atoms with Gasteiger partial charge in [0.05, 0.1) is 22.8 Å². The molecule has 0 atom stereocenters. The topological polar surface area (TPSA) is 27.1 Å². The Morgan fingerprint density at radius 2 is 2.33 bits per heavy atom. The number of nitrogens with zero attached hydrogens (tertiary/aromatic N) is 2. The fraction of sp³-hybridized carbons (Fsp3) is 0.727. The summed E-state index contributed by atoms with van der Waals surface area (Å²) in [7, 11) is 0. The number of hydrogen-bond donors (Lipinski definition) is 0. The minimum atomic E-state index is -0.0685. The van der Waals surface area contributed by atoms with Crippen molar-refractivity contribution in [3.63, 3.8) is 0 Å². The molecule has 0 N–H and O–H groups in total. The van der Waals surface area contributed by atoms with Gasteiger partial charge in [-0.1, -0.05) is 0 Å². The maximum absolute atomic E-state index is 5.71. The van der Waals surface area contributed by atoms with Crippen molar-refractivity contribution in [2.45, 2.75) is 32.2 Å². The van der Waals surface area contributed by atoms with Gasteiger partial charge in [-0.15, -0.1) is 0 Å². The van der Waals surface area contributed by atoms with E-state index in [9.17, 15) is 0 Å². The Morgan fingerprint density at radius 3 is 2.87 bits per heavy atom. The van der Waals surface area contributed by atoms with Crippen LogP contribution in [0.15, 0.2) is 16.9 Å². The Hall–Kier alpha value is -0.350. The summed E-state index contributed by atoms with van der Waals surface area (Å²) < 4.78 is 8.67. The highest BCUT2D eigenvalue weighted by Crippen LogP contribution is 2.29. The molecule has 0 radical (unpaired) electrons. The lowest BCUT2D eigenvalue weighted by Gasteiger charge is -2.25. The first-order chi connectivity index (χ1) is 7.08. The summed E-state index contributed by atoms with van der Waals surface area (Å²) in [5.74, 6) is 0.824. The monoisotopic (exact) mass is 272 g/mol. The summed E-state index contributed by atoms with van der Waals surface area (Å²) >= 11 is 3.40. The summed E-state index contributed by atoms with van der Waals surface area (Å²) in [4.78, 5) is 0. The minimum absolute atomic E-state index is 0.0685. The highest BCUT2D eigenvalue weighted by atomic mass is 79.9. The largest absolute Gasteiger partial charge is 0.379 e. The van der Waals surface area contributed by atoms with E-state index in [1.54, 1.807) is 0 Å². The highest BCUT2D eigenvalue weighted by Gasteiger charge is 2.25. The zero-order valence-corrected chi connectivity index (χ0v) is 10.8. The van der Waals surface area contributed by atoms with Crippen LogP contribution >= 0.6 is 15.9 Å². The van der Waals surface area contributed by atoms with Crippen LogP contribution in [0.5, 0.6) is 0 Å². The van der Waals surface area contributed by atoms with Gasteiger partial charge in [-0.25, -0.2) is 0 Å². The maximum Gasteiger partial charge on any atom is 0.0804 e. The molecule has 3 nitrogen and oxygen atoms in total. The second kappa shape index (κ2) is 4.26. The summed E-state index contributed by atoms with van der Waals surface area (Å²) in [6, 6.07) is 0. The van der Waals surface area contributed by atoms with E-state index in [1.807, 2.05) is 17.1 Å². The second-order valence-electron chi connectivity index (χ2n) is 4.87. The molecule has 2 rings (SSSR count). The van der Waals surface area contributed by atoms with Crippen molar-refractivity contribution in [3.05, 3.63) is 16.9 Å². The van der Waals surface area contributed by atoms with Crippen LogP contribution in [0.4, 0.5) is 0 Å². The predicted octanol–water partition coefficient (Wildman–Crippen LogP) is 2.81. The summed E-state index contributed by atoms with van der Waals surface area (Å²) in [6.45, 7) is 5.90. The Balaban J connectivity index is 1.86. The number of ether oxygens (including phenoxy) is 1. The van der Waals surface area contributed by atoms with Gasteiger partial charge >= 0.3 is 0 Å². The molecule has 0 spiro atoms. The van der Waals surface area contributed by atoms with Crippen LogP contribution in [0.2, 0.25) is 0 Å². The molecule has 1 fully saturated rings. The van der Waals surface area contributed by atoms with Crippen LogP contribution in [0, 0.1) is 5.92 Å². The molecule has 1 aliphatic rings. The standard InChI is InChI=1S/C11H17BrN2O/c1-11(2,8-15-7-9-3-4-9)14-6-10(12)5-13-14/h5-6,9H,3-4,7-8H2,1-2H3. The molecule has 1 aliphatic carbocycles. The fourth-order valence-electron chi connectivity index (χ4n) is 1.46. The van der Waals surface area contributed by atoms with Crippen molar-refractivity contribution in [3.8, 4) is 0 Å². The van der Waals surface area contributed by atoms with Gasteiger partial charge in [0.1, 0.15) is 0 Å². The van der Waals surface area contributed by atoms with E-state index in [2.05, 4.69) is 34.9 Å². The van der Waals surface area contributed by atoms with Gasteiger partial charge in [0.15, 0.2) is 0 Å². The second-order valence-corrected chi connectivity index (χ2v) is 5.79. The molecule has 1 saturated carbocycles. The highest BCUT2D eigenvalue weighted by molar-refractivity contribution is 9.10. The fourth-order valence-corrected chi connectivity index (χ4v) is 1.74. The SMILES string of the molecule is CC(C)(COCC1CC1)n1cc(Br)cn1. The minimum Gasteiger partial charge on any atom is -0.379 e. The average Bonchev–Trinajstić information content (AvgIpc) is 2.86. The molecule has 0 bridgehead atoms. The van der Waals surface area contributed by atoms with Gasteiger partial charge in [-0.05, 0) is 48.5 Å². The molecule has 0 amide bonds. The summed E-state index contributed by atoms with van der Waals surface area (Å²) in [6.07, 6.45) is 6.48. The molecule has 1 aromatic rings. The van der Waals surface area contributed by atoms with Gasteiger partial charge < -0.3 is 4.74 Å². The van der Waals surface area contributed by atoms with Crippen molar-refractivity contribution < 1.29 is 4.74 Å². The van der Waals surface area contributed by atoms with Crippen molar-refractivity contribution in [1.29, 1.82) is 0 Å². The van der Waals surface area contributed by atoms with Crippen molar-refractivity contribution in [2.24, 2.45) is 5.92 Å². The van der Waals surface area contributed by atoms with E-state index in [4.69, 9.17) is 4.74 Å². The van der Waals surface area contributed by atoms with Crippen LogP contribution in [-0.2, 0) is 10.3 Å². The lowest BCUT2D eigenvalue weighted by Crippen LogP contribution is -2.32. The molecule has 1 heterocycles. The number of aromatic nitrogens is 2. The predicted molar refractivity (Wildman–Crippen MR) is 62.8 cm³/mol. The van der Waals surface area contributed by atoms with Gasteiger partial charge in [-0.3, -0.25) is 4.68 Å². The third-order valence-electron chi connectivity index (χ3n) is 2.68. The average molecular weight is 273 g/mol. The van der Waals surface area contributed by atoms with Crippen LogP contribution < -0.4 is 0 Å². The van der Waals surface area contributed by atoms with Gasteiger partial charge in [0, 0.05) is 12.8 Å². The van der Waals surface area contributed by atoms with Crippen molar-refractivity contribution in [2.75, 3.05) is 13.2 Å². The van der Waals surface area contributed by atoms with E-state index in [0.717, 1.165) is 23.6 Å². The van der Waals surface area contributed by atoms with Crippen LogP contribution in [0.1, 0.15) is 26.7 Å². The molecule has 15 heavy (non-hydrogen) atoms. The lowest BCUT2D eigenvalue weighted by molar-refractivity contribution is 0.0550. The van der Waals surface area contributed by atoms with Crippen molar-refractivity contribution in [1.82, 2.24) is 9.78 Å². The number of halogens is 1. The van der Waals surface area contributed by atoms with Gasteiger partial charge in [0.25, 0.3) is 0 Å². The van der Waals surface area contributed by atoms with Crippen LogP contribution in [-0.4, -0.2) is 23.0 Å². The first-order valence-corrected chi connectivity index (χ1v) is 6.15. The molecule has 0 aliphatic heterocycles. The molecular formula is C11H17BrN2O. The Labute approximate surface area is 98.9 Å². The molecule has 1 aromatic heterocycles. The number of rotatable bonds is 5. The summed E-state index contributed by atoms with van der Waals surface area (Å²) in [5.41, 5.74) is -0.0685. The molecule has 0 aromatic carbocycles. The van der Waals surface area contributed by atoms with E-state index in [0.29, 0.717) is 0 Å². The first kappa shape index (κ1) is 11.1. The van der Waals surface area contributed by atoms with Gasteiger partial charge in [-0.2, -0.15) is 5.10 Å². The Morgan fingerprint density at radius 1 is 1.60 bits per heavy atom. The normalized spacial score (nSPS) is 17.0.